The minimum Gasteiger partial charge on any atom is -0.490 e. The minimum atomic E-state index is -0.327. The Balaban J connectivity index is 1.73. The zero-order chi connectivity index (χ0) is 15.0. The Bertz CT molecular complexity index is 558. The third-order valence-electron chi connectivity index (χ3n) is 3.86. The first-order valence-corrected chi connectivity index (χ1v) is 7.54. The second-order valence-corrected chi connectivity index (χ2v) is 6.62. The van der Waals surface area contributed by atoms with E-state index in [9.17, 15) is 4.79 Å². The molecule has 21 heavy (non-hydrogen) atoms. The molecule has 1 aliphatic heterocycles. The summed E-state index contributed by atoms with van der Waals surface area (Å²) in [4.78, 5) is 18.3. The number of amides is 1. The molecular formula is C15H19ClN2O3. The van der Waals surface area contributed by atoms with E-state index >= 15 is 0 Å². The lowest BCUT2D eigenvalue weighted by Gasteiger charge is -2.28. The van der Waals surface area contributed by atoms with Crippen molar-refractivity contribution in [3.63, 3.8) is 0 Å². The van der Waals surface area contributed by atoms with Crippen LogP contribution in [0.3, 0.4) is 0 Å². The molecule has 0 bridgehead atoms. The highest BCUT2D eigenvalue weighted by molar-refractivity contribution is 6.31. The average molecular weight is 311 g/mol. The van der Waals surface area contributed by atoms with Crippen molar-refractivity contribution in [2.45, 2.75) is 32.2 Å². The van der Waals surface area contributed by atoms with Crippen LogP contribution in [0.5, 0.6) is 5.75 Å². The van der Waals surface area contributed by atoms with Crippen molar-refractivity contribution in [1.29, 1.82) is 0 Å². The summed E-state index contributed by atoms with van der Waals surface area (Å²) in [6, 6.07) is 3.37. The van der Waals surface area contributed by atoms with Gasteiger partial charge in [0.05, 0.1) is 18.8 Å². The lowest BCUT2D eigenvalue weighted by molar-refractivity contribution is 0.0599. The van der Waals surface area contributed by atoms with Gasteiger partial charge in [-0.15, -0.1) is 0 Å². The lowest BCUT2D eigenvalue weighted by Crippen LogP contribution is -2.44. The van der Waals surface area contributed by atoms with Gasteiger partial charge in [0, 0.05) is 0 Å². The third kappa shape index (κ3) is 3.14. The van der Waals surface area contributed by atoms with Crippen LogP contribution in [0, 0.1) is 5.92 Å². The normalized spacial score (nSPS) is 20.6. The Morgan fingerprint density at radius 2 is 2.29 bits per heavy atom. The predicted octanol–water partition coefficient (Wildman–Crippen LogP) is 2.73. The lowest BCUT2D eigenvalue weighted by atomic mass is 10.1. The molecule has 3 rings (SSSR count). The maximum Gasteiger partial charge on any atom is 0.274 e. The third-order valence-corrected chi connectivity index (χ3v) is 4.13. The Kier molecular flexibility index (Phi) is 3.80. The topological polar surface area (TPSA) is 51.7 Å². The smallest absolute Gasteiger partial charge is 0.274 e. The Morgan fingerprint density at radius 3 is 2.86 bits per heavy atom. The van der Waals surface area contributed by atoms with Crippen LogP contribution in [0.4, 0.5) is 0 Å². The molecule has 0 radical (unpaired) electrons. The van der Waals surface area contributed by atoms with Crippen LogP contribution in [0.2, 0.25) is 5.15 Å². The van der Waals surface area contributed by atoms with Gasteiger partial charge in [-0.25, -0.2) is 4.98 Å². The van der Waals surface area contributed by atoms with Crippen LogP contribution >= 0.6 is 11.6 Å². The standard InChI is InChI=1S/C15H19ClN2O3/c1-15(2)8-20-9-18(15)14(19)11-5-6-12(13(16)17-11)21-7-10-3-4-10/h5-6,10H,3-4,7-9H2,1-2H3. The molecule has 6 heteroatoms. The number of hydrogen-bond donors (Lipinski definition) is 0. The fourth-order valence-corrected chi connectivity index (χ4v) is 2.46. The van der Waals surface area contributed by atoms with E-state index in [1.54, 1.807) is 17.0 Å². The molecule has 2 fully saturated rings. The fraction of sp³-hybridized carbons (Fsp3) is 0.600. The average Bonchev–Trinajstić information content (AvgIpc) is 3.19. The summed E-state index contributed by atoms with van der Waals surface area (Å²) in [5.74, 6) is 1.01. The summed E-state index contributed by atoms with van der Waals surface area (Å²) < 4.78 is 11.0. The van der Waals surface area contributed by atoms with E-state index in [2.05, 4.69) is 4.98 Å². The summed E-state index contributed by atoms with van der Waals surface area (Å²) in [6.45, 7) is 5.40. The van der Waals surface area contributed by atoms with E-state index in [-0.39, 0.29) is 23.3 Å². The first kappa shape index (κ1) is 14.6. The first-order valence-electron chi connectivity index (χ1n) is 7.16. The second-order valence-electron chi connectivity index (χ2n) is 6.26. The number of aromatic nitrogens is 1. The number of rotatable bonds is 4. The SMILES string of the molecule is CC1(C)COCN1C(=O)c1ccc(OCC2CC2)c(Cl)n1. The van der Waals surface area contributed by atoms with Crippen LogP contribution in [0.25, 0.3) is 0 Å². The van der Waals surface area contributed by atoms with Crippen molar-refractivity contribution >= 4 is 17.5 Å². The number of carbonyl (C=O) groups excluding carboxylic acids is 1. The first-order chi connectivity index (χ1) is 9.97. The summed E-state index contributed by atoms with van der Waals surface area (Å²) >= 11 is 6.12. The molecule has 5 nitrogen and oxygen atoms in total. The summed E-state index contributed by atoms with van der Waals surface area (Å²) in [7, 11) is 0. The molecule has 1 aromatic rings. The van der Waals surface area contributed by atoms with Gasteiger partial charge in [-0.05, 0) is 44.7 Å². The van der Waals surface area contributed by atoms with Crippen molar-refractivity contribution in [2.24, 2.45) is 5.92 Å². The highest BCUT2D eigenvalue weighted by atomic mass is 35.5. The van der Waals surface area contributed by atoms with Crippen molar-refractivity contribution in [1.82, 2.24) is 9.88 Å². The van der Waals surface area contributed by atoms with E-state index in [0.29, 0.717) is 30.6 Å². The number of carbonyl (C=O) groups is 1. The molecule has 1 amide bonds. The predicted molar refractivity (Wildman–Crippen MR) is 78.5 cm³/mol. The molecule has 2 heterocycles. The molecule has 0 unspecified atom stereocenters. The van der Waals surface area contributed by atoms with E-state index in [4.69, 9.17) is 21.1 Å². The maximum absolute atomic E-state index is 12.5. The summed E-state index contributed by atoms with van der Waals surface area (Å²) in [5.41, 5.74) is -0.0100. The van der Waals surface area contributed by atoms with Crippen molar-refractivity contribution < 1.29 is 14.3 Å². The van der Waals surface area contributed by atoms with Gasteiger partial charge in [0.15, 0.2) is 10.9 Å². The number of halogens is 1. The Labute approximate surface area is 129 Å². The fourth-order valence-electron chi connectivity index (χ4n) is 2.25. The van der Waals surface area contributed by atoms with E-state index < -0.39 is 0 Å². The monoisotopic (exact) mass is 310 g/mol. The zero-order valence-electron chi connectivity index (χ0n) is 12.3. The van der Waals surface area contributed by atoms with E-state index in [1.165, 1.54) is 12.8 Å². The number of pyridine rings is 1. The van der Waals surface area contributed by atoms with Gasteiger partial charge >= 0.3 is 0 Å². The largest absolute Gasteiger partial charge is 0.490 e. The molecule has 0 aromatic carbocycles. The van der Waals surface area contributed by atoms with E-state index in [1.807, 2.05) is 13.8 Å². The van der Waals surface area contributed by atoms with Gasteiger partial charge in [0.1, 0.15) is 12.4 Å². The quantitative estimate of drug-likeness (QED) is 0.802. The molecule has 114 valence electrons. The van der Waals surface area contributed by atoms with Gasteiger partial charge in [-0.2, -0.15) is 0 Å². The molecule has 0 spiro atoms. The molecule has 0 atom stereocenters. The molecule has 1 aliphatic carbocycles. The summed E-state index contributed by atoms with van der Waals surface area (Å²) in [6.07, 6.45) is 2.43. The van der Waals surface area contributed by atoms with Crippen molar-refractivity contribution in [3.8, 4) is 5.75 Å². The molecule has 1 saturated heterocycles. The van der Waals surface area contributed by atoms with Crippen LogP contribution < -0.4 is 4.74 Å². The number of ether oxygens (including phenoxy) is 2. The molecule has 0 N–H and O–H groups in total. The number of hydrogen-bond acceptors (Lipinski definition) is 4. The van der Waals surface area contributed by atoms with Crippen LogP contribution in [0.1, 0.15) is 37.2 Å². The highest BCUT2D eigenvalue weighted by Gasteiger charge is 2.37. The van der Waals surface area contributed by atoms with Crippen LogP contribution in [-0.2, 0) is 4.74 Å². The van der Waals surface area contributed by atoms with Crippen LogP contribution in [0.15, 0.2) is 12.1 Å². The zero-order valence-corrected chi connectivity index (χ0v) is 13.0. The van der Waals surface area contributed by atoms with Gasteiger partial charge in [-0.3, -0.25) is 4.79 Å². The van der Waals surface area contributed by atoms with Gasteiger partial charge in [-0.1, -0.05) is 11.6 Å². The van der Waals surface area contributed by atoms with E-state index in [0.717, 1.165) is 0 Å². The molecule has 1 aromatic heterocycles. The Morgan fingerprint density at radius 1 is 1.52 bits per heavy atom. The highest BCUT2D eigenvalue weighted by Crippen LogP contribution is 2.31. The molecular weight excluding hydrogens is 292 g/mol. The second kappa shape index (κ2) is 5.46. The van der Waals surface area contributed by atoms with Crippen molar-refractivity contribution in [2.75, 3.05) is 19.9 Å². The Hall–Kier alpha value is -1.33. The van der Waals surface area contributed by atoms with Gasteiger partial charge < -0.3 is 14.4 Å². The van der Waals surface area contributed by atoms with Crippen molar-refractivity contribution in [3.05, 3.63) is 23.0 Å². The molecule has 1 saturated carbocycles. The summed E-state index contributed by atoms with van der Waals surface area (Å²) in [5, 5.41) is 0.236. The van der Waals surface area contributed by atoms with Gasteiger partial charge in [0.25, 0.3) is 5.91 Å². The number of nitrogens with zero attached hydrogens (tertiary/aromatic N) is 2. The maximum atomic E-state index is 12.5. The van der Waals surface area contributed by atoms with Crippen LogP contribution in [-0.4, -0.2) is 41.3 Å². The van der Waals surface area contributed by atoms with Gasteiger partial charge in [0.2, 0.25) is 0 Å². The molecule has 2 aliphatic rings. The minimum absolute atomic E-state index is 0.173.